The lowest BCUT2D eigenvalue weighted by Crippen LogP contribution is -2.54. The lowest BCUT2D eigenvalue weighted by Gasteiger charge is -2.36. The van der Waals surface area contributed by atoms with Gasteiger partial charge in [0, 0.05) is 17.3 Å². The van der Waals surface area contributed by atoms with Crippen molar-refractivity contribution in [3.8, 4) is 11.5 Å². The van der Waals surface area contributed by atoms with Gasteiger partial charge in [0.2, 0.25) is 17.7 Å². The van der Waals surface area contributed by atoms with E-state index in [1.54, 1.807) is 44.6 Å². The smallest absolute Gasteiger partial charge is 0.250 e. The normalized spacial score (nSPS) is 30.5. The van der Waals surface area contributed by atoms with Crippen LogP contribution in [-0.4, -0.2) is 49.4 Å². The number of methoxy groups -OCH3 is 2. The van der Waals surface area contributed by atoms with Crippen LogP contribution < -0.4 is 19.7 Å². The Morgan fingerprint density at radius 2 is 1.69 bits per heavy atom. The SMILES string of the molecule is COc1ccc(N2C(=O)[C@H]3[C@H]4CCCN4[C@@]4(C(=O)Nc5ccc(OC)cc54)[C@@H]3C2=O)cc1. The van der Waals surface area contributed by atoms with Gasteiger partial charge in [-0.3, -0.25) is 19.3 Å². The summed E-state index contributed by atoms with van der Waals surface area (Å²) >= 11 is 0. The lowest BCUT2D eigenvalue weighted by atomic mass is 9.75. The summed E-state index contributed by atoms with van der Waals surface area (Å²) in [6, 6.07) is 12.1. The summed E-state index contributed by atoms with van der Waals surface area (Å²) in [5.41, 5.74) is 0.687. The van der Waals surface area contributed by atoms with Crippen LogP contribution in [0.3, 0.4) is 0 Å². The standard InChI is InChI=1S/C24H23N3O5/c1-31-14-7-5-13(6-8-14)27-21(28)19-18-4-3-11-26(18)24(20(19)22(27)29)16-12-15(32-2)9-10-17(16)25-23(24)30/h5-10,12,18-20H,3-4,11H2,1-2H3,(H,25,30)/t18-,19+,20+,24-/m1/s1. The van der Waals surface area contributed by atoms with E-state index in [4.69, 9.17) is 9.47 Å². The lowest BCUT2D eigenvalue weighted by molar-refractivity contribution is -0.135. The molecule has 0 radical (unpaired) electrons. The maximum Gasteiger partial charge on any atom is 0.250 e. The summed E-state index contributed by atoms with van der Waals surface area (Å²) in [6.45, 7) is 0.671. The van der Waals surface area contributed by atoms with E-state index in [2.05, 4.69) is 10.2 Å². The molecular formula is C24H23N3O5. The van der Waals surface area contributed by atoms with Gasteiger partial charge in [0.15, 0.2) is 0 Å². The van der Waals surface area contributed by atoms with Gasteiger partial charge < -0.3 is 14.8 Å². The largest absolute Gasteiger partial charge is 0.497 e. The van der Waals surface area contributed by atoms with E-state index in [0.717, 1.165) is 18.4 Å². The molecule has 0 bridgehead atoms. The Morgan fingerprint density at radius 3 is 2.41 bits per heavy atom. The van der Waals surface area contributed by atoms with Gasteiger partial charge in [-0.25, -0.2) is 4.90 Å². The molecule has 1 spiro atoms. The summed E-state index contributed by atoms with van der Waals surface area (Å²) < 4.78 is 10.6. The molecule has 0 aliphatic carbocycles. The predicted molar refractivity (Wildman–Crippen MR) is 115 cm³/mol. The molecule has 3 amide bonds. The van der Waals surface area contributed by atoms with Crippen LogP contribution in [0.25, 0.3) is 0 Å². The second kappa shape index (κ2) is 6.56. The number of amides is 3. The number of nitrogens with one attached hydrogen (secondary N) is 1. The van der Waals surface area contributed by atoms with Crippen LogP contribution in [0.5, 0.6) is 11.5 Å². The first kappa shape index (κ1) is 19.3. The van der Waals surface area contributed by atoms with Crippen LogP contribution in [0.15, 0.2) is 42.5 Å². The number of imide groups is 1. The van der Waals surface area contributed by atoms with Crippen molar-refractivity contribution in [1.82, 2.24) is 4.90 Å². The molecule has 4 atom stereocenters. The Kier molecular flexibility index (Phi) is 3.96. The Morgan fingerprint density at radius 1 is 0.969 bits per heavy atom. The number of fused-ring (bicyclic) bond motifs is 7. The molecule has 3 saturated heterocycles. The molecule has 0 saturated carbocycles. The molecule has 8 heteroatoms. The van der Waals surface area contributed by atoms with Gasteiger partial charge in [0.25, 0.3) is 0 Å². The fourth-order valence-corrected chi connectivity index (χ4v) is 6.29. The van der Waals surface area contributed by atoms with Crippen LogP contribution in [0.4, 0.5) is 11.4 Å². The van der Waals surface area contributed by atoms with Crippen LogP contribution >= 0.6 is 0 Å². The van der Waals surface area contributed by atoms with E-state index >= 15 is 0 Å². The molecular weight excluding hydrogens is 410 g/mol. The number of hydrogen-bond acceptors (Lipinski definition) is 6. The summed E-state index contributed by atoms with van der Waals surface area (Å²) in [7, 11) is 3.14. The molecule has 0 unspecified atom stereocenters. The number of benzene rings is 2. The number of anilines is 2. The van der Waals surface area contributed by atoms with E-state index in [0.29, 0.717) is 29.4 Å². The molecule has 8 nitrogen and oxygen atoms in total. The number of carbonyl (C=O) groups excluding carboxylic acids is 3. The molecule has 32 heavy (non-hydrogen) atoms. The average molecular weight is 433 g/mol. The van der Waals surface area contributed by atoms with Crippen molar-refractivity contribution >= 4 is 29.1 Å². The minimum atomic E-state index is -1.20. The number of nitrogens with zero attached hydrogens (tertiary/aromatic N) is 2. The molecule has 2 aromatic rings. The minimum Gasteiger partial charge on any atom is -0.497 e. The van der Waals surface area contributed by atoms with Crippen molar-refractivity contribution in [3.63, 3.8) is 0 Å². The number of ether oxygens (including phenoxy) is 2. The third-order valence-electron chi connectivity index (χ3n) is 7.53. The molecule has 164 valence electrons. The number of carbonyl (C=O) groups is 3. The van der Waals surface area contributed by atoms with Gasteiger partial charge in [-0.1, -0.05) is 0 Å². The van der Waals surface area contributed by atoms with Gasteiger partial charge in [-0.2, -0.15) is 0 Å². The zero-order chi connectivity index (χ0) is 22.2. The monoisotopic (exact) mass is 433 g/mol. The van der Waals surface area contributed by atoms with E-state index in [1.165, 1.54) is 4.90 Å². The van der Waals surface area contributed by atoms with E-state index in [1.807, 2.05) is 12.1 Å². The first-order valence-corrected chi connectivity index (χ1v) is 10.8. The number of rotatable bonds is 3. The fourth-order valence-electron chi connectivity index (χ4n) is 6.29. The first-order valence-electron chi connectivity index (χ1n) is 10.8. The molecule has 4 aliphatic rings. The quantitative estimate of drug-likeness (QED) is 0.747. The average Bonchev–Trinajstić information content (AvgIpc) is 3.52. The van der Waals surface area contributed by atoms with Gasteiger partial charge >= 0.3 is 0 Å². The predicted octanol–water partition coefficient (Wildman–Crippen LogP) is 2.13. The maximum absolute atomic E-state index is 13.9. The highest BCUT2D eigenvalue weighted by molar-refractivity contribution is 6.25. The van der Waals surface area contributed by atoms with Crippen molar-refractivity contribution in [3.05, 3.63) is 48.0 Å². The summed E-state index contributed by atoms with van der Waals surface area (Å²) in [5, 5.41) is 2.98. The summed E-state index contributed by atoms with van der Waals surface area (Å²) in [4.78, 5) is 44.5. The molecule has 4 aliphatic heterocycles. The molecule has 3 fully saturated rings. The van der Waals surface area contributed by atoms with Crippen molar-refractivity contribution in [2.24, 2.45) is 11.8 Å². The van der Waals surface area contributed by atoms with Gasteiger partial charge in [-0.05, 0) is 61.9 Å². The highest BCUT2D eigenvalue weighted by Gasteiger charge is 2.74. The van der Waals surface area contributed by atoms with E-state index in [-0.39, 0.29) is 23.8 Å². The van der Waals surface area contributed by atoms with Gasteiger partial charge in [0.05, 0.1) is 31.7 Å². The molecule has 1 N–H and O–H groups in total. The summed E-state index contributed by atoms with van der Waals surface area (Å²) in [6.07, 6.45) is 1.66. The number of hydrogen-bond donors (Lipinski definition) is 1. The van der Waals surface area contributed by atoms with Crippen molar-refractivity contribution in [2.45, 2.75) is 24.4 Å². The summed E-state index contributed by atoms with van der Waals surface area (Å²) in [5.74, 6) is -0.887. The highest BCUT2D eigenvalue weighted by atomic mass is 16.5. The van der Waals surface area contributed by atoms with Gasteiger partial charge in [0.1, 0.15) is 17.0 Å². The maximum atomic E-state index is 13.9. The van der Waals surface area contributed by atoms with Crippen molar-refractivity contribution in [2.75, 3.05) is 31.0 Å². The molecule has 6 rings (SSSR count). The topological polar surface area (TPSA) is 88.2 Å². The second-order valence-electron chi connectivity index (χ2n) is 8.75. The minimum absolute atomic E-state index is 0.150. The zero-order valence-electron chi connectivity index (χ0n) is 17.8. The Balaban J connectivity index is 1.52. The molecule has 0 aromatic heterocycles. The Hall–Kier alpha value is -3.39. The Bertz CT molecular complexity index is 1160. The third-order valence-corrected chi connectivity index (χ3v) is 7.53. The third kappa shape index (κ3) is 2.17. The van der Waals surface area contributed by atoms with Crippen LogP contribution in [0, 0.1) is 11.8 Å². The first-order chi connectivity index (χ1) is 15.5. The van der Waals surface area contributed by atoms with Gasteiger partial charge in [-0.15, -0.1) is 0 Å². The Labute approximate surface area is 185 Å². The fraction of sp³-hybridized carbons (Fsp3) is 0.375. The van der Waals surface area contributed by atoms with Crippen molar-refractivity contribution < 1.29 is 23.9 Å². The van der Waals surface area contributed by atoms with Crippen LogP contribution in [0.2, 0.25) is 0 Å². The molecule has 4 heterocycles. The van der Waals surface area contributed by atoms with Crippen molar-refractivity contribution in [1.29, 1.82) is 0 Å². The second-order valence-corrected chi connectivity index (χ2v) is 8.75. The van der Waals surface area contributed by atoms with E-state index in [9.17, 15) is 14.4 Å². The van der Waals surface area contributed by atoms with Crippen LogP contribution in [0.1, 0.15) is 18.4 Å². The zero-order valence-corrected chi connectivity index (χ0v) is 17.8. The molecule has 2 aromatic carbocycles. The highest BCUT2D eigenvalue weighted by Crippen LogP contribution is 2.61. The van der Waals surface area contributed by atoms with E-state index < -0.39 is 17.4 Å². The van der Waals surface area contributed by atoms with Crippen LogP contribution in [-0.2, 0) is 19.9 Å².